The van der Waals surface area contributed by atoms with Crippen LogP contribution < -0.4 is 10.1 Å². The van der Waals surface area contributed by atoms with Crippen molar-refractivity contribution in [2.75, 3.05) is 6.61 Å². The summed E-state index contributed by atoms with van der Waals surface area (Å²) in [6.07, 6.45) is 0.774. The van der Waals surface area contributed by atoms with Gasteiger partial charge in [0.05, 0.1) is 6.61 Å². The summed E-state index contributed by atoms with van der Waals surface area (Å²) in [5, 5.41) is 3.32. The number of rotatable bonds is 2. The van der Waals surface area contributed by atoms with Gasteiger partial charge in [0.2, 0.25) is 5.82 Å². The first-order chi connectivity index (χ1) is 7.59. The normalized spacial score (nSPS) is 19.4. The molecule has 1 N–H and O–H groups in total. The molecule has 0 aromatic heterocycles. The van der Waals surface area contributed by atoms with E-state index in [1.165, 1.54) is 0 Å². The number of hydrogen-bond donors (Lipinski definition) is 1. The molecule has 0 aliphatic carbocycles. The summed E-state index contributed by atoms with van der Waals surface area (Å²) in [5.41, 5.74) is 0.707. The molecule has 16 heavy (non-hydrogen) atoms. The van der Waals surface area contributed by atoms with E-state index < -0.39 is 11.6 Å². The maximum absolute atomic E-state index is 13.5. The van der Waals surface area contributed by atoms with Crippen LogP contribution in [0.1, 0.15) is 31.9 Å². The van der Waals surface area contributed by atoms with Crippen molar-refractivity contribution in [1.82, 2.24) is 5.32 Å². The van der Waals surface area contributed by atoms with E-state index in [-0.39, 0.29) is 11.8 Å². The Balaban J connectivity index is 2.36. The molecular formula is C12H15F2NO. The SMILES string of the molecule is CC(C)NC1CCOc2c1ccc(F)c2F. The Labute approximate surface area is 93.6 Å². The Bertz CT molecular complexity index is 393. The third-order valence-corrected chi connectivity index (χ3v) is 2.64. The van der Waals surface area contributed by atoms with Gasteiger partial charge in [0.15, 0.2) is 11.6 Å². The number of fused-ring (bicyclic) bond motifs is 1. The van der Waals surface area contributed by atoms with E-state index in [0.717, 1.165) is 12.5 Å². The fourth-order valence-corrected chi connectivity index (χ4v) is 1.98. The minimum atomic E-state index is -0.882. The molecule has 1 aromatic carbocycles. The molecule has 2 nitrogen and oxygen atoms in total. The molecule has 2 rings (SSSR count). The molecule has 4 heteroatoms. The summed E-state index contributed by atoms with van der Waals surface area (Å²) in [4.78, 5) is 0. The van der Waals surface area contributed by atoms with Gasteiger partial charge in [-0.25, -0.2) is 4.39 Å². The van der Waals surface area contributed by atoms with E-state index in [2.05, 4.69) is 5.32 Å². The number of hydrogen-bond acceptors (Lipinski definition) is 2. The van der Waals surface area contributed by atoms with Gasteiger partial charge < -0.3 is 10.1 Å². The maximum atomic E-state index is 13.5. The lowest BCUT2D eigenvalue weighted by Crippen LogP contribution is -2.32. The molecule has 1 unspecified atom stereocenters. The second kappa shape index (κ2) is 4.37. The van der Waals surface area contributed by atoms with Gasteiger partial charge in [0.1, 0.15) is 0 Å². The lowest BCUT2D eigenvalue weighted by atomic mass is 9.99. The predicted molar refractivity (Wildman–Crippen MR) is 57.5 cm³/mol. The smallest absolute Gasteiger partial charge is 0.200 e. The fourth-order valence-electron chi connectivity index (χ4n) is 1.98. The Morgan fingerprint density at radius 2 is 2.12 bits per heavy atom. The number of nitrogens with one attached hydrogen (secondary N) is 1. The van der Waals surface area contributed by atoms with E-state index in [0.29, 0.717) is 18.2 Å². The summed E-state index contributed by atoms with van der Waals surface area (Å²) in [6.45, 7) is 4.46. The third-order valence-electron chi connectivity index (χ3n) is 2.64. The molecule has 0 radical (unpaired) electrons. The minimum absolute atomic E-state index is 0.0406. The van der Waals surface area contributed by atoms with Crippen LogP contribution in [0.15, 0.2) is 12.1 Å². The second-order valence-electron chi connectivity index (χ2n) is 4.29. The molecule has 1 aromatic rings. The van der Waals surface area contributed by atoms with Crippen molar-refractivity contribution < 1.29 is 13.5 Å². The predicted octanol–water partition coefficient (Wildman–Crippen LogP) is 2.79. The van der Waals surface area contributed by atoms with Gasteiger partial charge in [-0.05, 0) is 6.07 Å². The number of halogens is 2. The molecule has 0 saturated heterocycles. The van der Waals surface area contributed by atoms with Crippen LogP contribution in [0.4, 0.5) is 8.78 Å². The van der Waals surface area contributed by atoms with E-state index in [1.54, 1.807) is 6.07 Å². The zero-order chi connectivity index (χ0) is 11.7. The summed E-state index contributed by atoms with van der Waals surface area (Å²) in [7, 11) is 0. The van der Waals surface area contributed by atoms with Crippen molar-refractivity contribution in [1.29, 1.82) is 0 Å². The monoisotopic (exact) mass is 227 g/mol. The highest BCUT2D eigenvalue weighted by molar-refractivity contribution is 5.39. The molecular weight excluding hydrogens is 212 g/mol. The molecule has 1 heterocycles. The van der Waals surface area contributed by atoms with Crippen LogP contribution in [0.2, 0.25) is 0 Å². The summed E-state index contributed by atoms with van der Waals surface area (Å²) >= 11 is 0. The maximum Gasteiger partial charge on any atom is 0.200 e. The molecule has 88 valence electrons. The van der Waals surface area contributed by atoms with Crippen LogP contribution in [-0.2, 0) is 0 Å². The number of benzene rings is 1. The zero-order valence-corrected chi connectivity index (χ0v) is 9.39. The van der Waals surface area contributed by atoms with Crippen molar-refractivity contribution >= 4 is 0 Å². The van der Waals surface area contributed by atoms with Crippen molar-refractivity contribution in [3.8, 4) is 5.75 Å². The van der Waals surface area contributed by atoms with E-state index >= 15 is 0 Å². The highest BCUT2D eigenvalue weighted by atomic mass is 19.2. The molecule has 0 bridgehead atoms. The summed E-state index contributed by atoms with van der Waals surface area (Å²) in [6, 6.07) is 3.08. The number of ether oxygens (including phenoxy) is 1. The Kier molecular flexibility index (Phi) is 3.10. The summed E-state index contributed by atoms with van der Waals surface area (Å²) < 4.78 is 31.7. The van der Waals surface area contributed by atoms with E-state index in [1.807, 2.05) is 13.8 Å². The standard InChI is InChI=1S/C12H15F2NO/c1-7(2)15-10-5-6-16-12-8(10)3-4-9(13)11(12)14/h3-4,7,10,15H,5-6H2,1-2H3. The Morgan fingerprint density at radius 1 is 1.38 bits per heavy atom. The molecule has 0 spiro atoms. The second-order valence-corrected chi connectivity index (χ2v) is 4.29. The van der Waals surface area contributed by atoms with Crippen molar-refractivity contribution in [3.63, 3.8) is 0 Å². The van der Waals surface area contributed by atoms with Crippen LogP contribution >= 0.6 is 0 Å². The van der Waals surface area contributed by atoms with Gasteiger partial charge in [0.25, 0.3) is 0 Å². The van der Waals surface area contributed by atoms with Crippen LogP contribution in [0.5, 0.6) is 5.75 Å². The Hall–Kier alpha value is -1.16. The Morgan fingerprint density at radius 3 is 2.81 bits per heavy atom. The van der Waals surface area contributed by atoms with Crippen LogP contribution in [0, 0.1) is 11.6 Å². The van der Waals surface area contributed by atoms with Crippen LogP contribution in [-0.4, -0.2) is 12.6 Å². The van der Waals surface area contributed by atoms with Crippen molar-refractivity contribution in [2.45, 2.75) is 32.4 Å². The van der Waals surface area contributed by atoms with Crippen LogP contribution in [0.3, 0.4) is 0 Å². The molecule has 1 aliphatic rings. The average molecular weight is 227 g/mol. The highest BCUT2D eigenvalue weighted by Gasteiger charge is 2.26. The zero-order valence-electron chi connectivity index (χ0n) is 9.39. The minimum Gasteiger partial charge on any atom is -0.490 e. The van der Waals surface area contributed by atoms with Gasteiger partial charge in [-0.1, -0.05) is 19.9 Å². The first kappa shape index (κ1) is 11.3. The molecule has 0 fully saturated rings. The highest BCUT2D eigenvalue weighted by Crippen LogP contribution is 2.35. The van der Waals surface area contributed by atoms with E-state index in [9.17, 15) is 8.78 Å². The van der Waals surface area contributed by atoms with Gasteiger partial charge >= 0.3 is 0 Å². The first-order valence-corrected chi connectivity index (χ1v) is 5.46. The first-order valence-electron chi connectivity index (χ1n) is 5.46. The molecule has 0 amide bonds. The lowest BCUT2D eigenvalue weighted by molar-refractivity contribution is 0.232. The quantitative estimate of drug-likeness (QED) is 0.838. The fraction of sp³-hybridized carbons (Fsp3) is 0.500. The van der Waals surface area contributed by atoms with Gasteiger partial charge in [-0.3, -0.25) is 0 Å². The van der Waals surface area contributed by atoms with Gasteiger partial charge in [0, 0.05) is 24.1 Å². The lowest BCUT2D eigenvalue weighted by Gasteiger charge is -2.28. The largest absolute Gasteiger partial charge is 0.490 e. The third kappa shape index (κ3) is 2.02. The van der Waals surface area contributed by atoms with Crippen LogP contribution in [0.25, 0.3) is 0 Å². The molecule has 0 saturated carbocycles. The molecule has 1 atom stereocenters. The van der Waals surface area contributed by atoms with Gasteiger partial charge in [-0.2, -0.15) is 4.39 Å². The topological polar surface area (TPSA) is 21.3 Å². The molecule has 1 aliphatic heterocycles. The van der Waals surface area contributed by atoms with Gasteiger partial charge in [-0.15, -0.1) is 0 Å². The van der Waals surface area contributed by atoms with E-state index in [4.69, 9.17) is 4.74 Å². The van der Waals surface area contributed by atoms with Crippen molar-refractivity contribution in [2.24, 2.45) is 0 Å². The van der Waals surface area contributed by atoms with Crippen molar-refractivity contribution in [3.05, 3.63) is 29.3 Å². The average Bonchev–Trinajstić information content (AvgIpc) is 2.23. The summed E-state index contributed by atoms with van der Waals surface area (Å²) in [5.74, 6) is -1.68.